The Morgan fingerprint density at radius 1 is 0.518 bits per heavy atom. The fraction of sp³-hybridized carbons (Fsp3) is 0.625. The minimum atomic E-state index is -1.84. The van der Waals surface area contributed by atoms with E-state index in [1.54, 1.807) is 97.9 Å². The lowest BCUT2D eigenvalue weighted by Crippen LogP contribution is -2.62. The Labute approximate surface area is 644 Å². The molecule has 2 aromatic carbocycles. The Kier molecular flexibility index (Phi) is 40.8. The number of aromatic hydroxyl groups is 1. The smallest absolute Gasteiger partial charge is 0.326 e. The van der Waals surface area contributed by atoms with Crippen molar-refractivity contribution < 1.29 is 103 Å². The molecule has 3 rings (SSSR count). The summed E-state index contributed by atoms with van der Waals surface area (Å²) < 4.78 is 0. The summed E-state index contributed by atoms with van der Waals surface area (Å²) in [5, 5.41) is 92.9. The number of phenols is 1. The number of nitrogens with one attached hydrogen (secondary N) is 13. The van der Waals surface area contributed by atoms with Crippen molar-refractivity contribution in [2.45, 2.75) is 218 Å². The number of likely N-dealkylation sites (tertiary alicyclic amines) is 1. The lowest BCUT2D eigenvalue weighted by atomic mass is 9.96. The zero-order valence-corrected chi connectivity index (χ0v) is 64.7. The lowest BCUT2D eigenvalue weighted by Gasteiger charge is -2.30. The van der Waals surface area contributed by atoms with Crippen molar-refractivity contribution in [3.8, 4) is 5.75 Å². The van der Waals surface area contributed by atoms with Crippen LogP contribution in [0.25, 0.3) is 0 Å². The highest BCUT2D eigenvalue weighted by Crippen LogP contribution is 2.21. The minimum Gasteiger partial charge on any atom is -0.508 e. The quantitative estimate of drug-likeness (QED) is 0.0217. The highest BCUT2D eigenvalue weighted by Gasteiger charge is 2.42. The van der Waals surface area contributed by atoms with E-state index in [9.17, 15) is 103 Å². The van der Waals surface area contributed by atoms with E-state index in [2.05, 4.69) is 81.7 Å². The first kappa shape index (κ1) is 94.6. The summed E-state index contributed by atoms with van der Waals surface area (Å²) in [5.74, 6) is -16.5. The number of unbranched alkanes of at least 4 members (excludes halogenated alkanes) is 1. The van der Waals surface area contributed by atoms with Crippen LogP contribution in [0.2, 0.25) is 0 Å². The predicted molar refractivity (Wildman–Crippen MR) is 402 cm³/mol. The van der Waals surface area contributed by atoms with E-state index >= 15 is 0 Å². The number of carboxylic acids is 1. The molecule has 614 valence electrons. The number of carbonyl (C=O) groups excluding carboxylic acids is 14. The number of aliphatic hydroxyl groups is 4. The van der Waals surface area contributed by atoms with Crippen molar-refractivity contribution in [2.75, 3.05) is 45.2 Å². The Balaban J connectivity index is 1.69. The number of benzene rings is 2. The second kappa shape index (κ2) is 47.5. The topological polar surface area (TPSA) is 589 Å². The fourth-order valence-corrected chi connectivity index (χ4v) is 11.6. The number of aliphatic hydroxyl groups excluding tert-OH is 4. The molecule has 1 heterocycles. The molecule has 0 aliphatic carbocycles. The average Bonchev–Trinajstić information content (AvgIpc) is 1.64. The molecule has 0 saturated carbocycles. The number of aliphatic carboxylic acids is 1. The highest BCUT2D eigenvalue weighted by molar-refractivity contribution is 7.80. The van der Waals surface area contributed by atoms with E-state index in [4.69, 9.17) is 11.5 Å². The van der Waals surface area contributed by atoms with Gasteiger partial charge in [0, 0.05) is 25.1 Å². The van der Waals surface area contributed by atoms with E-state index in [0.717, 1.165) is 11.8 Å². The first-order valence-electron chi connectivity index (χ1n) is 36.7. The molecule has 110 heavy (non-hydrogen) atoms. The molecular formula is C72H114N16O21S. The standard InChI is InChI=1S/C72H114N16O21S/c1-11-39(8)57(86-62(98)47(80-67(103)55(74)37(4)5)30-43-22-24-44(93)25-23-43)69(105)78-45(20-15-16-26-73)60(96)85-56(38(6)7)68(104)75-31-54(94)77-49(32-89)63(99)76-40(9)59(95)83-51(34-91)71(107)88-27-17-21-53(88)66(102)79-46(29-42-18-13-12-14-19-42)61(97)82-50(33-90)64(100)87-58(41(10)92)70(106)84-52(35-110)65(101)81-48(72(108)109)28-36(2)3/h12-14,18-19,22-25,36-41,45-53,55-58,89-93,110H,11,15-17,20-21,26-35,73-74H2,1-10H3,(H,75,104)(H,76,99)(H,77,94)(H,78,105)(H,79,102)(H,80,103)(H,81,101)(H,82,97)(H,83,95)(H,84,106)(H,85,96)(H,86,98)(H,87,100)(H,108,109)/t39-,40-,41+,45-,46-,47-,48-,49-,50-,51-,52-,53-,55-,56-,57-,58-/m0/s1. The van der Waals surface area contributed by atoms with Gasteiger partial charge in [-0.2, -0.15) is 12.6 Å². The van der Waals surface area contributed by atoms with Gasteiger partial charge in [-0.15, -0.1) is 0 Å². The third kappa shape index (κ3) is 30.7. The van der Waals surface area contributed by atoms with Crippen LogP contribution >= 0.6 is 12.6 Å². The first-order valence-corrected chi connectivity index (χ1v) is 37.3. The van der Waals surface area contributed by atoms with E-state index in [0.29, 0.717) is 30.4 Å². The summed E-state index contributed by atoms with van der Waals surface area (Å²) in [5.41, 5.74) is 12.9. The van der Waals surface area contributed by atoms with Crippen LogP contribution < -0.4 is 80.6 Å². The van der Waals surface area contributed by atoms with Crippen molar-refractivity contribution >= 4 is 101 Å². The SMILES string of the molecule is CC[C@H](C)[C@H](NC(=O)[C@H](Cc1ccc(O)cc1)NC(=O)[C@@H](N)C(C)C)C(=O)N[C@@H](CCCCN)C(=O)N[C@H](C(=O)NCC(=O)N[C@@H](CO)C(=O)N[C@@H](C)C(=O)N[C@@H](CO)C(=O)N1CCC[C@H]1C(=O)N[C@@H](Cc1ccccc1)C(=O)N[C@@H](CO)C(=O)N[C@H](C(=O)N[C@@H](CS)C(=O)N[C@@H](CC(C)C)C(=O)O)[C@@H](C)O)C(C)C. The van der Waals surface area contributed by atoms with Crippen LogP contribution in [0, 0.1) is 23.7 Å². The Bertz CT molecular complexity index is 3430. The van der Waals surface area contributed by atoms with Gasteiger partial charge in [-0.1, -0.05) is 104 Å². The molecule has 16 atom stereocenters. The monoisotopic (exact) mass is 1570 g/mol. The maximum absolute atomic E-state index is 14.3. The molecule has 23 N–H and O–H groups in total. The van der Waals surface area contributed by atoms with Crippen LogP contribution in [-0.4, -0.2) is 260 Å². The average molecular weight is 1570 g/mol. The van der Waals surface area contributed by atoms with Crippen molar-refractivity contribution in [3.63, 3.8) is 0 Å². The zero-order valence-electron chi connectivity index (χ0n) is 63.8. The van der Waals surface area contributed by atoms with Gasteiger partial charge in [-0.05, 0) is 106 Å². The second-order valence-corrected chi connectivity index (χ2v) is 28.7. The van der Waals surface area contributed by atoms with Crippen LogP contribution in [0.5, 0.6) is 5.75 Å². The summed E-state index contributed by atoms with van der Waals surface area (Å²) in [7, 11) is 0. The largest absolute Gasteiger partial charge is 0.508 e. The van der Waals surface area contributed by atoms with Crippen molar-refractivity contribution in [2.24, 2.45) is 35.1 Å². The van der Waals surface area contributed by atoms with Crippen LogP contribution in [0.1, 0.15) is 125 Å². The van der Waals surface area contributed by atoms with Crippen molar-refractivity contribution in [1.29, 1.82) is 0 Å². The van der Waals surface area contributed by atoms with Crippen molar-refractivity contribution in [3.05, 3.63) is 65.7 Å². The third-order valence-corrected chi connectivity index (χ3v) is 18.6. The van der Waals surface area contributed by atoms with Gasteiger partial charge in [-0.25, -0.2) is 4.79 Å². The fourth-order valence-electron chi connectivity index (χ4n) is 11.4. The summed E-state index contributed by atoms with van der Waals surface area (Å²) in [6.07, 6.45) is -0.491. The molecule has 2 aromatic rings. The normalized spacial score (nSPS) is 16.8. The number of thiol groups is 1. The van der Waals surface area contributed by atoms with E-state index < -0.39 is 218 Å². The molecule has 38 heteroatoms. The molecule has 0 aromatic heterocycles. The van der Waals surface area contributed by atoms with Gasteiger partial charge < -0.3 is 116 Å². The molecule has 1 saturated heterocycles. The van der Waals surface area contributed by atoms with E-state index in [-0.39, 0.29) is 75.0 Å². The number of carboxylic acid groups (broad SMARTS) is 1. The number of carbonyl (C=O) groups is 15. The lowest BCUT2D eigenvalue weighted by molar-refractivity contribution is -0.143. The molecule has 1 fully saturated rings. The maximum atomic E-state index is 14.3. The van der Waals surface area contributed by atoms with Gasteiger partial charge in [0.2, 0.25) is 82.7 Å². The van der Waals surface area contributed by atoms with Crippen LogP contribution in [0.4, 0.5) is 0 Å². The Morgan fingerprint density at radius 2 is 1.00 bits per heavy atom. The number of hydrogen-bond acceptors (Lipinski definition) is 23. The van der Waals surface area contributed by atoms with E-state index in [1.807, 2.05) is 0 Å². The Hall–Kier alpha value is -9.60. The summed E-state index contributed by atoms with van der Waals surface area (Å²) in [6, 6.07) is -6.30. The highest BCUT2D eigenvalue weighted by atomic mass is 32.1. The van der Waals surface area contributed by atoms with Crippen LogP contribution in [0.3, 0.4) is 0 Å². The van der Waals surface area contributed by atoms with Gasteiger partial charge in [-0.3, -0.25) is 67.1 Å². The van der Waals surface area contributed by atoms with Crippen LogP contribution in [0.15, 0.2) is 54.6 Å². The van der Waals surface area contributed by atoms with Crippen molar-refractivity contribution in [1.82, 2.24) is 74.0 Å². The molecule has 14 amide bonds. The Morgan fingerprint density at radius 3 is 1.55 bits per heavy atom. The number of hydrogen-bond donors (Lipinski definition) is 22. The van der Waals surface area contributed by atoms with Gasteiger partial charge >= 0.3 is 5.97 Å². The molecule has 1 aliphatic heterocycles. The molecule has 0 radical (unpaired) electrons. The molecule has 37 nitrogen and oxygen atoms in total. The zero-order chi connectivity index (χ0) is 82.8. The summed E-state index contributed by atoms with van der Waals surface area (Å²) in [4.78, 5) is 205. The number of rotatable bonds is 47. The van der Waals surface area contributed by atoms with Gasteiger partial charge in [0.15, 0.2) is 0 Å². The number of nitrogens with zero attached hydrogens (tertiary/aromatic N) is 1. The molecule has 0 unspecified atom stereocenters. The molecule has 0 bridgehead atoms. The maximum Gasteiger partial charge on any atom is 0.326 e. The summed E-state index contributed by atoms with van der Waals surface area (Å²) in [6.45, 7) is 12.0. The molecular weight excluding hydrogens is 1460 g/mol. The first-order chi connectivity index (χ1) is 51.9. The van der Waals surface area contributed by atoms with E-state index in [1.165, 1.54) is 19.1 Å². The van der Waals surface area contributed by atoms with Crippen LogP contribution in [-0.2, 0) is 84.8 Å². The van der Waals surface area contributed by atoms with Gasteiger partial charge in [0.1, 0.15) is 84.3 Å². The van der Waals surface area contributed by atoms with Gasteiger partial charge in [0.25, 0.3) is 0 Å². The molecule has 1 aliphatic rings. The predicted octanol–water partition coefficient (Wildman–Crippen LogP) is -5.65. The number of amides is 14. The minimum absolute atomic E-state index is 0.0104. The molecule has 0 spiro atoms. The second-order valence-electron chi connectivity index (χ2n) is 28.3. The van der Waals surface area contributed by atoms with Gasteiger partial charge in [0.05, 0.1) is 38.5 Å². The third-order valence-electron chi connectivity index (χ3n) is 18.2. The number of nitrogens with two attached hydrogens (primary N) is 2. The summed E-state index contributed by atoms with van der Waals surface area (Å²) >= 11 is 4.09. The number of phenolic OH excluding ortho intramolecular Hbond substituents is 1.